The highest BCUT2D eigenvalue weighted by molar-refractivity contribution is 5.04. The first-order valence-corrected chi connectivity index (χ1v) is 5.40. The van der Waals surface area contributed by atoms with Crippen LogP contribution in [0.25, 0.3) is 0 Å². The molecule has 0 aromatic rings. The van der Waals surface area contributed by atoms with Gasteiger partial charge in [0.1, 0.15) is 0 Å². The van der Waals surface area contributed by atoms with Gasteiger partial charge < -0.3 is 0 Å². The van der Waals surface area contributed by atoms with E-state index in [2.05, 4.69) is 33.8 Å². The molecular formula is C12H21N. The summed E-state index contributed by atoms with van der Waals surface area (Å²) >= 11 is 0. The zero-order chi connectivity index (χ0) is 10.1. The standard InChI is InChI=1S/C12H21N/c1-9(2)5-12(10(3)4)6-11(7-12)8-13/h9-11H,5-7H2,1-4H3. The number of hydrogen-bond donors (Lipinski definition) is 0. The summed E-state index contributed by atoms with van der Waals surface area (Å²) in [6, 6.07) is 2.38. The summed E-state index contributed by atoms with van der Waals surface area (Å²) < 4.78 is 0. The van der Waals surface area contributed by atoms with Crippen LogP contribution in [-0.4, -0.2) is 0 Å². The van der Waals surface area contributed by atoms with Gasteiger partial charge in [0.25, 0.3) is 0 Å². The molecule has 0 aromatic carbocycles. The van der Waals surface area contributed by atoms with Gasteiger partial charge in [0, 0.05) is 5.92 Å². The van der Waals surface area contributed by atoms with Crippen LogP contribution in [0, 0.1) is 34.5 Å². The monoisotopic (exact) mass is 179 g/mol. The first-order chi connectivity index (χ1) is 6.00. The molecule has 0 saturated heterocycles. The van der Waals surface area contributed by atoms with Crippen LogP contribution in [0.1, 0.15) is 47.0 Å². The quantitative estimate of drug-likeness (QED) is 0.649. The summed E-state index contributed by atoms with van der Waals surface area (Å²) in [7, 11) is 0. The highest BCUT2D eigenvalue weighted by atomic mass is 14.5. The van der Waals surface area contributed by atoms with E-state index in [0.717, 1.165) is 24.7 Å². The van der Waals surface area contributed by atoms with Gasteiger partial charge in [-0.05, 0) is 36.5 Å². The van der Waals surface area contributed by atoms with Gasteiger partial charge in [-0.25, -0.2) is 0 Å². The average molecular weight is 179 g/mol. The van der Waals surface area contributed by atoms with Crippen molar-refractivity contribution in [2.75, 3.05) is 0 Å². The van der Waals surface area contributed by atoms with Crippen LogP contribution < -0.4 is 0 Å². The zero-order valence-corrected chi connectivity index (χ0v) is 9.30. The van der Waals surface area contributed by atoms with Crippen molar-refractivity contribution in [1.29, 1.82) is 5.26 Å². The van der Waals surface area contributed by atoms with E-state index in [1.54, 1.807) is 0 Å². The van der Waals surface area contributed by atoms with Gasteiger partial charge in [0.2, 0.25) is 0 Å². The van der Waals surface area contributed by atoms with E-state index >= 15 is 0 Å². The van der Waals surface area contributed by atoms with Crippen molar-refractivity contribution in [2.24, 2.45) is 23.2 Å². The molecule has 0 bridgehead atoms. The molecule has 0 atom stereocenters. The Morgan fingerprint density at radius 1 is 1.31 bits per heavy atom. The predicted molar refractivity (Wildman–Crippen MR) is 55.1 cm³/mol. The summed E-state index contributed by atoms with van der Waals surface area (Å²) in [5.41, 5.74) is 0.495. The van der Waals surface area contributed by atoms with Crippen molar-refractivity contribution < 1.29 is 0 Å². The molecule has 0 N–H and O–H groups in total. The molecule has 1 nitrogen and oxygen atoms in total. The van der Waals surface area contributed by atoms with Gasteiger partial charge in [-0.2, -0.15) is 5.26 Å². The van der Waals surface area contributed by atoms with Crippen molar-refractivity contribution in [3.05, 3.63) is 0 Å². The summed E-state index contributed by atoms with van der Waals surface area (Å²) in [4.78, 5) is 0. The fourth-order valence-corrected chi connectivity index (χ4v) is 2.70. The van der Waals surface area contributed by atoms with Crippen LogP contribution in [0.3, 0.4) is 0 Å². The second-order valence-electron chi connectivity index (χ2n) is 5.35. The van der Waals surface area contributed by atoms with E-state index in [1.807, 2.05) is 0 Å². The number of rotatable bonds is 3. The van der Waals surface area contributed by atoms with E-state index in [-0.39, 0.29) is 0 Å². The molecule has 0 aromatic heterocycles. The average Bonchev–Trinajstić information content (AvgIpc) is 1.94. The lowest BCUT2D eigenvalue weighted by molar-refractivity contribution is 0.00950. The van der Waals surface area contributed by atoms with Gasteiger partial charge in [-0.15, -0.1) is 0 Å². The van der Waals surface area contributed by atoms with E-state index in [9.17, 15) is 0 Å². The van der Waals surface area contributed by atoms with Crippen LogP contribution in [0.4, 0.5) is 0 Å². The van der Waals surface area contributed by atoms with Crippen LogP contribution in [0.5, 0.6) is 0 Å². The van der Waals surface area contributed by atoms with Gasteiger partial charge in [0.05, 0.1) is 6.07 Å². The molecule has 0 radical (unpaired) electrons. The lowest BCUT2D eigenvalue weighted by atomic mass is 9.54. The van der Waals surface area contributed by atoms with E-state index < -0.39 is 0 Å². The molecule has 74 valence electrons. The Balaban J connectivity index is 2.56. The minimum atomic E-state index is 0.348. The number of nitrogens with zero attached hydrogens (tertiary/aromatic N) is 1. The molecule has 0 heterocycles. The fraction of sp³-hybridized carbons (Fsp3) is 0.917. The molecule has 0 unspecified atom stereocenters. The SMILES string of the molecule is CC(C)CC1(C(C)C)CC(C#N)C1. The van der Waals surface area contributed by atoms with Gasteiger partial charge in [-0.3, -0.25) is 0 Å². The molecule has 1 rings (SSSR count). The molecule has 0 spiro atoms. The number of hydrogen-bond acceptors (Lipinski definition) is 1. The Bertz CT molecular complexity index is 204. The van der Waals surface area contributed by atoms with Crippen LogP contribution in [0.2, 0.25) is 0 Å². The van der Waals surface area contributed by atoms with Crippen molar-refractivity contribution in [3.8, 4) is 6.07 Å². The minimum Gasteiger partial charge on any atom is -0.198 e. The van der Waals surface area contributed by atoms with Crippen molar-refractivity contribution in [3.63, 3.8) is 0 Å². The molecule has 13 heavy (non-hydrogen) atoms. The van der Waals surface area contributed by atoms with Crippen LogP contribution >= 0.6 is 0 Å². The summed E-state index contributed by atoms with van der Waals surface area (Å²) in [6.45, 7) is 9.17. The molecule has 0 aliphatic heterocycles. The summed E-state index contributed by atoms with van der Waals surface area (Å²) in [5, 5.41) is 8.78. The maximum absolute atomic E-state index is 8.78. The Hall–Kier alpha value is -0.510. The second kappa shape index (κ2) is 3.70. The molecular weight excluding hydrogens is 158 g/mol. The van der Waals surface area contributed by atoms with E-state index in [1.165, 1.54) is 6.42 Å². The van der Waals surface area contributed by atoms with Crippen LogP contribution in [-0.2, 0) is 0 Å². The third kappa shape index (κ3) is 2.05. The fourth-order valence-electron chi connectivity index (χ4n) is 2.70. The number of nitriles is 1. The van der Waals surface area contributed by atoms with Gasteiger partial charge in [0.15, 0.2) is 0 Å². The van der Waals surface area contributed by atoms with Crippen molar-refractivity contribution in [1.82, 2.24) is 0 Å². The molecule has 0 amide bonds. The van der Waals surface area contributed by atoms with Crippen LogP contribution in [0.15, 0.2) is 0 Å². The minimum absolute atomic E-state index is 0.348. The largest absolute Gasteiger partial charge is 0.198 e. The third-order valence-electron chi connectivity index (χ3n) is 3.53. The Kier molecular flexibility index (Phi) is 3.01. The third-order valence-corrected chi connectivity index (χ3v) is 3.53. The van der Waals surface area contributed by atoms with Crippen molar-refractivity contribution >= 4 is 0 Å². The first-order valence-electron chi connectivity index (χ1n) is 5.40. The Morgan fingerprint density at radius 2 is 1.85 bits per heavy atom. The second-order valence-corrected chi connectivity index (χ2v) is 5.35. The molecule has 1 fully saturated rings. The highest BCUT2D eigenvalue weighted by Crippen LogP contribution is 2.54. The zero-order valence-electron chi connectivity index (χ0n) is 9.30. The van der Waals surface area contributed by atoms with E-state index in [0.29, 0.717) is 11.3 Å². The van der Waals surface area contributed by atoms with E-state index in [4.69, 9.17) is 5.26 Å². The predicted octanol–water partition coefficient (Wildman–Crippen LogP) is 3.61. The first kappa shape index (κ1) is 10.6. The smallest absolute Gasteiger partial charge is 0.0656 e. The maximum Gasteiger partial charge on any atom is 0.0656 e. The maximum atomic E-state index is 8.78. The summed E-state index contributed by atoms with van der Waals surface area (Å²) in [6.07, 6.45) is 3.57. The lowest BCUT2D eigenvalue weighted by Crippen LogP contribution is -2.41. The van der Waals surface area contributed by atoms with Gasteiger partial charge >= 0.3 is 0 Å². The summed E-state index contributed by atoms with van der Waals surface area (Å²) in [5.74, 6) is 1.85. The molecule has 1 aliphatic carbocycles. The highest BCUT2D eigenvalue weighted by Gasteiger charge is 2.46. The van der Waals surface area contributed by atoms with Crippen molar-refractivity contribution in [2.45, 2.75) is 47.0 Å². The molecule has 1 heteroatoms. The van der Waals surface area contributed by atoms with Gasteiger partial charge in [-0.1, -0.05) is 27.7 Å². The molecule has 1 saturated carbocycles. The lowest BCUT2D eigenvalue weighted by Gasteiger charge is -2.49. The topological polar surface area (TPSA) is 23.8 Å². The molecule has 1 aliphatic rings. The Labute approximate surface area is 82.1 Å². The normalized spacial score (nSPS) is 33.2. The Morgan fingerprint density at radius 3 is 2.15 bits per heavy atom.